The molecule has 19 heavy (non-hydrogen) atoms. The monoisotopic (exact) mass is 337 g/mol. The maximum absolute atomic E-state index is 12.5. The summed E-state index contributed by atoms with van der Waals surface area (Å²) < 4.78 is 38.1. The molecule has 0 bridgehead atoms. The zero-order valence-corrected chi connectivity index (χ0v) is 12.0. The molecule has 0 aliphatic rings. The molecule has 0 spiro atoms. The second-order valence-corrected chi connectivity index (χ2v) is 4.97. The van der Waals surface area contributed by atoms with Crippen LogP contribution < -0.4 is 10.6 Å². The minimum absolute atomic E-state index is 0.120. The van der Waals surface area contributed by atoms with Crippen molar-refractivity contribution in [3.8, 4) is 0 Å². The lowest BCUT2D eigenvalue weighted by molar-refractivity contribution is -0.119. The van der Waals surface area contributed by atoms with Gasteiger partial charge in [-0.2, -0.15) is 13.2 Å². The van der Waals surface area contributed by atoms with E-state index in [9.17, 15) is 13.2 Å². The highest BCUT2D eigenvalue weighted by Gasteiger charge is 2.31. The first-order valence-corrected chi connectivity index (χ1v) is 6.49. The molecule has 1 aromatic carbocycles. The molecule has 0 saturated carbocycles. The van der Waals surface area contributed by atoms with Crippen molar-refractivity contribution in [2.45, 2.75) is 19.5 Å². The molecule has 0 radical (unpaired) electrons. The molecule has 0 unspecified atom stereocenters. The summed E-state index contributed by atoms with van der Waals surface area (Å²) in [5.74, 6) is -0.120. The molecule has 106 valence electrons. The Labute approximate surface area is 118 Å². The summed E-state index contributed by atoms with van der Waals surface area (Å²) in [7, 11) is 0. The zero-order chi connectivity index (χ0) is 14.6. The Balaban J connectivity index is 3.06. The predicted molar refractivity (Wildman–Crippen MR) is 73.7 cm³/mol. The van der Waals surface area contributed by atoms with Gasteiger partial charge in [-0.3, -0.25) is 5.41 Å². The Morgan fingerprint density at radius 1 is 1.42 bits per heavy atom. The van der Waals surface area contributed by atoms with Crippen molar-refractivity contribution in [1.82, 2.24) is 0 Å². The van der Waals surface area contributed by atoms with Crippen molar-refractivity contribution < 1.29 is 13.2 Å². The fourth-order valence-corrected chi connectivity index (χ4v) is 2.33. The van der Waals surface area contributed by atoms with E-state index in [4.69, 9.17) is 11.1 Å². The first-order valence-electron chi connectivity index (χ1n) is 5.70. The van der Waals surface area contributed by atoms with E-state index in [1.54, 1.807) is 18.2 Å². The van der Waals surface area contributed by atoms with Gasteiger partial charge in [0, 0.05) is 16.6 Å². The van der Waals surface area contributed by atoms with Crippen LogP contribution in [0, 0.1) is 5.41 Å². The fraction of sp³-hybridized carbons (Fsp3) is 0.417. The fourth-order valence-electron chi connectivity index (χ4n) is 1.70. The number of hydrogen-bond acceptors (Lipinski definition) is 2. The summed E-state index contributed by atoms with van der Waals surface area (Å²) in [5, 5.41) is 7.30. The van der Waals surface area contributed by atoms with Crippen molar-refractivity contribution in [2.75, 3.05) is 18.0 Å². The molecule has 7 heteroatoms. The van der Waals surface area contributed by atoms with E-state index >= 15 is 0 Å². The second kappa shape index (κ2) is 6.27. The average molecular weight is 338 g/mol. The smallest absolute Gasteiger partial charge is 0.384 e. The zero-order valence-electron chi connectivity index (χ0n) is 10.4. The molecule has 3 N–H and O–H groups in total. The van der Waals surface area contributed by atoms with Crippen LogP contribution in [0.5, 0.6) is 0 Å². The number of nitrogens with two attached hydrogens (primary N) is 1. The quantitative estimate of drug-likeness (QED) is 0.638. The number of nitrogens with zero attached hydrogens (tertiary/aromatic N) is 1. The molecule has 0 amide bonds. The van der Waals surface area contributed by atoms with E-state index in [1.165, 1.54) is 4.90 Å². The van der Waals surface area contributed by atoms with Gasteiger partial charge in [0.05, 0.1) is 5.69 Å². The summed E-state index contributed by atoms with van der Waals surface area (Å²) >= 11 is 3.23. The molecule has 3 nitrogen and oxygen atoms in total. The molecule has 0 aliphatic carbocycles. The SMILES string of the molecule is CCCN(CC(F)(F)F)c1ccc(C(=N)N)cc1Br. The van der Waals surface area contributed by atoms with Crippen LogP contribution in [0.3, 0.4) is 0 Å². The minimum Gasteiger partial charge on any atom is -0.384 e. The number of nitrogens with one attached hydrogen (secondary N) is 1. The molecular formula is C12H15BrF3N3. The van der Waals surface area contributed by atoms with Crippen molar-refractivity contribution in [2.24, 2.45) is 5.73 Å². The van der Waals surface area contributed by atoms with Crippen LogP contribution in [0.25, 0.3) is 0 Å². The maximum atomic E-state index is 12.5. The molecule has 1 aromatic rings. The van der Waals surface area contributed by atoms with Gasteiger partial charge >= 0.3 is 6.18 Å². The lowest BCUT2D eigenvalue weighted by atomic mass is 10.1. The molecule has 0 saturated heterocycles. The molecule has 0 fully saturated rings. The third-order valence-corrected chi connectivity index (χ3v) is 3.10. The van der Waals surface area contributed by atoms with Crippen molar-refractivity contribution in [3.05, 3.63) is 28.2 Å². The Hall–Kier alpha value is -1.24. The number of nitrogen functional groups attached to an aromatic ring is 1. The van der Waals surface area contributed by atoms with Gasteiger partial charge in [-0.15, -0.1) is 0 Å². The van der Waals surface area contributed by atoms with Gasteiger partial charge < -0.3 is 10.6 Å². The normalized spacial score (nSPS) is 11.4. The molecule has 0 aromatic heterocycles. The van der Waals surface area contributed by atoms with Crippen LogP contribution in [-0.2, 0) is 0 Å². The minimum atomic E-state index is -4.26. The number of halogens is 4. The van der Waals surface area contributed by atoms with Crippen molar-refractivity contribution in [1.29, 1.82) is 5.41 Å². The van der Waals surface area contributed by atoms with Crippen LogP contribution >= 0.6 is 15.9 Å². The van der Waals surface area contributed by atoms with Crippen molar-refractivity contribution >= 4 is 27.5 Å². The molecule has 0 atom stereocenters. The van der Waals surface area contributed by atoms with Gasteiger partial charge in [0.1, 0.15) is 12.4 Å². The lowest BCUT2D eigenvalue weighted by Gasteiger charge is -2.26. The van der Waals surface area contributed by atoms with Crippen molar-refractivity contribution in [3.63, 3.8) is 0 Å². The number of amidine groups is 1. The van der Waals surface area contributed by atoms with E-state index < -0.39 is 12.7 Å². The van der Waals surface area contributed by atoms with Gasteiger partial charge in [-0.05, 0) is 40.5 Å². The topological polar surface area (TPSA) is 53.1 Å². The highest BCUT2D eigenvalue weighted by atomic mass is 79.9. The summed E-state index contributed by atoms with van der Waals surface area (Å²) in [6.45, 7) is 1.12. The standard InChI is InChI=1S/C12H15BrF3N3/c1-2-5-19(7-12(14,15)16)10-4-3-8(11(17)18)6-9(10)13/h3-4,6H,2,5,7H2,1H3,(H3,17,18). The van der Waals surface area contributed by atoms with Gasteiger partial charge in [-0.25, -0.2) is 0 Å². The summed E-state index contributed by atoms with van der Waals surface area (Å²) in [4.78, 5) is 1.26. The number of rotatable bonds is 5. The third-order valence-electron chi connectivity index (χ3n) is 2.46. The first kappa shape index (κ1) is 15.8. The van der Waals surface area contributed by atoms with Gasteiger partial charge in [0.15, 0.2) is 0 Å². The third kappa shape index (κ3) is 4.74. The summed E-state index contributed by atoms with van der Waals surface area (Å²) in [6.07, 6.45) is -3.65. The molecule has 1 rings (SSSR count). The molecular weight excluding hydrogens is 323 g/mol. The van der Waals surface area contributed by atoms with E-state index in [1.807, 2.05) is 6.92 Å². The largest absolute Gasteiger partial charge is 0.405 e. The predicted octanol–water partition coefficient (Wildman–Crippen LogP) is 3.51. The Kier molecular flexibility index (Phi) is 5.22. The summed E-state index contributed by atoms with van der Waals surface area (Å²) in [6, 6.07) is 4.64. The molecule has 0 heterocycles. The average Bonchev–Trinajstić information content (AvgIpc) is 2.26. The van der Waals surface area contributed by atoms with E-state index in [0.717, 1.165) is 0 Å². The highest BCUT2D eigenvalue weighted by Crippen LogP contribution is 2.30. The van der Waals surface area contributed by atoms with E-state index in [2.05, 4.69) is 15.9 Å². The maximum Gasteiger partial charge on any atom is 0.405 e. The van der Waals surface area contributed by atoms with Crippen LogP contribution in [0.2, 0.25) is 0 Å². The Morgan fingerprint density at radius 2 is 2.05 bits per heavy atom. The van der Waals surface area contributed by atoms with Gasteiger partial charge in [0.25, 0.3) is 0 Å². The Bertz CT molecular complexity index is 460. The highest BCUT2D eigenvalue weighted by molar-refractivity contribution is 9.10. The van der Waals surface area contributed by atoms with Gasteiger partial charge in [-0.1, -0.05) is 6.92 Å². The van der Waals surface area contributed by atoms with Crippen LogP contribution in [0.1, 0.15) is 18.9 Å². The second-order valence-electron chi connectivity index (χ2n) is 4.12. The number of hydrogen-bond donors (Lipinski definition) is 2. The van der Waals surface area contributed by atoms with E-state index in [-0.39, 0.29) is 5.84 Å². The first-order chi connectivity index (χ1) is 8.74. The van der Waals surface area contributed by atoms with Crippen LogP contribution in [-0.4, -0.2) is 25.1 Å². The number of benzene rings is 1. The number of anilines is 1. The summed E-state index contributed by atoms with van der Waals surface area (Å²) in [5.41, 5.74) is 6.26. The van der Waals surface area contributed by atoms with Crippen LogP contribution in [0.4, 0.5) is 18.9 Å². The number of alkyl halides is 3. The van der Waals surface area contributed by atoms with Gasteiger partial charge in [0.2, 0.25) is 0 Å². The van der Waals surface area contributed by atoms with Crippen LogP contribution in [0.15, 0.2) is 22.7 Å². The lowest BCUT2D eigenvalue weighted by Crippen LogP contribution is -2.35. The Morgan fingerprint density at radius 3 is 2.47 bits per heavy atom. The molecule has 0 aliphatic heterocycles. The van der Waals surface area contributed by atoms with E-state index in [0.29, 0.717) is 28.7 Å².